The van der Waals surface area contributed by atoms with E-state index in [-0.39, 0.29) is 13.2 Å². The predicted molar refractivity (Wildman–Crippen MR) is 73.8 cm³/mol. The highest BCUT2D eigenvalue weighted by atomic mass is 16.5. The van der Waals surface area contributed by atoms with E-state index in [4.69, 9.17) is 19.3 Å². The molecule has 0 aliphatic heterocycles. The zero-order chi connectivity index (χ0) is 13.9. The Balaban J connectivity index is 2.60. The zero-order valence-electron chi connectivity index (χ0n) is 11.6. The highest BCUT2D eigenvalue weighted by Crippen LogP contribution is 2.28. The van der Waals surface area contributed by atoms with Crippen LogP contribution in [-0.4, -0.2) is 45.2 Å². The molecule has 0 radical (unpaired) electrons. The van der Waals surface area contributed by atoms with Gasteiger partial charge in [0.25, 0.3) is 0 Å². The smallest absolute Gasteiger partial charge is 0.161 e. The van der Waals surface area contributed by atoms with Crippen molar-refractivity contribution in [2.75, 3.05) is 40.1 Å². The predicted octanol–water partition coefficient (Wildman–Crippen LogP) is 1.19. The summed E-state index contributed by atoms with van der Waals surface area (Å²) in [6.45, 7) is 5.02. The summed E-state index contributed by atoms with van der Waals surface area (Å²) in [4.78, 5) is 0. The van der Waals surface area contributed by atoms with Gasteiger partial charge in [-0.25, -0.2) is 0 Å². The molecule has 1 rings (SSSR count). The van der Waals surface area contributed by atoms with Gasteiger partial charge in [-0.15, -0.1) is 0 Å². The molecular formula is C14H23NO4. The molecule has 108 valence electrons. The van der Waals surface area contributed by atoms with E-state index in [0.717, 1.165) is 18.7 Å². The fraction of sp³-hybridized carbons (Fsp3) is 0.571. The van der Waals surface area contributed by atoms with Crippen molar-refractivity contribution in [3.8, 4) is 11.5 Å². The van der Waals surface area contributed by atoms with Crippen LogP contribution < -0.4 is 14.8 Å². The molecule has 0 unspecified atom stereocenters. The summed E-state index contributed by atoms with van der Waals surface area (Å²) in [6.07, 6.45) is 0. The lowest BCUT2D eigenvalue weighted by Gasteiger charge is -2.13. The Bertz CT molecular complexity index is 357. The molecule has 0 fully saturated rings. The molecule has 0 bridgehead atoms. The van der Waals surface area contributed by atoms with Crippen LogP contribution in [0.25, 0.3) is 0 Å². The highest BCUT2D eigenvalue weighted by Gasteiger charge is 2.06. The second kappa shape index (κ2) is 9.61. The van der Waals surface area contributed by atoms with Gasteiger partial charge in [0, 0.05) is 20.2 Å². The van der Waals surface area contributed by atoms with Crippen molar-refractivity contribution in [1.29, 1.82) is 0 Å². The molecule has 0 aromatic heterocycles. The third kappa shape index (κ3) is 5.92. The van der Waals surface area contributed by atoms with Gasteiger partial charge in [-0.2, -0.15) is 0 Å². The third-order valence-corrected chi connectivity index (χ3v) is 2.47. The maximum atomic E-state index is 8.78. The second-order valence-electron chi connectivity index (χ2n) is 3.96. The maximum absolute atomic E-state index is 8.78. The monoisotopic (exact) mass is 269 g/mol. The Kier molecular flexibility index (Phi) is 7.97. The molecular weight excluding hydrogens is 246 g/mol. The third-order valence-electron chi connectivity index (χ3n) is 2.47. The number of benzene rings is 1. The summed E-state index contributed by atoms with van der Waals surface area (Å²) in [6, 6.07) is 5.80. The lowest BCUT2D eigenvalue weighted by molar-refractivity contribution is 0.194. The number of nitrogens with one attached hydrogen (secondary N) is 1. The van der Waals surface area contributed by atoms with Crippen LogP contribution in [0, 0.1) is 0 Å². The van der Waals surface area contributed by atoms with Crippen molar-refractivity contribution in [2.24, 2.45) is 0 Å². The van der Waals surface area contributed by atoms with E-state index in [0.29, 0.717) is 24.7 Å². The second-order valence-corrected chi connectivity index (χ2v) is 3.96. The average Bonchev–Trinajstić information content (AvgIpc) is 2.43. The molecule has 0 heterocycles. The van der Waals surface area contributed by atoms with Gasteiger partial charge in [0.2, 0.25) is 0 Å². The van der Waals surface area contributed by atoms with E-state index in [1.807, 2.05) is 25.1 Å². The number of aliphatic hydroxyl groups is 1. The molecule has 5 nitrogen and oxygen atoms in total. The molecule has 0 aliphatic carbocycles. The largest absolute Gasteiger partial charge is 0.490 e. The number of hydrogen-bond acceptors (Lipinski definition) is 5. The van der Waals surface area contributed by atoms with Crippen molar-refractivity contribution in [3.05, 3.63) is 23.8 Å². The van der Waals surface area contributed by atoms with Gasteiger partial charge in [-0.05, 0) is 24.6 Å². The van der Waals surface area contributed by atoms with Gasteiger partial charge in [0.05, 0.1) is 19.8 Å². The van der Waals surface area contributed by atoms with Crippen LogP contribution in [0.5, 0.6) is 11.5 Å². The van der Waals surface area contributed by atoms with Crippen LogP contribution in [0.15, 0.2) is 18.2 Å². The number of methoxy groups -OCH3 is 1. The van der Waals surface area contributed by atoms with Crippen LogP contribution in [0.4, 0.5) is 0 Å². The number of aliphatic hydroxyl groups excluding tert-OH is 1. The van der Waals surface area contributed by atoms with Crippen molar-refractivity contribution in [1.82, 2.24) is 5.32 Å². The fourth-order valence-corrected chi connectivity index (χ4v) is 1.61. The Labute approximate surface area is 114 Å². The number of hydrogen-bond donors (Lipinski definition) is 2. The maximum Gasteiger partial charge on any atom is 0.161 e. The van der Waals surface area contributed by atoms with E-state index in [1.165, 1.54) is 0 Å². The Morgan fingerprint density at radius 2 is 2.00 bits per heavy atom. The first-order valence-corrected chi connectivity index (χ1v) is 6.50. The molecule has 0 amide bonds. The van der Waals surface area contributed by atoms with Gasteiger partial charge >= 0.3 is 0 Å². The van der Waals surface area contributed by atoms with Crippen LogP contribution >= 0.6 is 0 Å². The average molecular weight is 269 g/mol. The fourth-order valence-electron chi connectivity index (χ4n) is 1.61. The number of ether oxygens (including phenoxy) is 3. The Hall–Kier alpha value is -1.30. The lowest BCUT2D eigenvalue weighted by atomic mass is 10.2. The van der Waals surface area contributed by atoms with Crippen LogP contribution in [-0.2, 0) is 11.3 Å². The van der Waals surface area contributed by atoms with Crippen molar-refractivity contribution >= 4 is 0 Å². The van der Waals surface area contributed by atoms with Crippen LogP contribution in [0.1, 0.15) is 12.5 Å². The summed E-state index contributed by atoms with van der Waals surface area (Å²) in [5.41, 5.74) is 1.12. The summed E-state index contributed by atoms with van der Waals surface area (Å²) < 4.78 is 15.9. The van der Waals surface area contributed by atoms with E-state index >= 15 is 0 Å². The van der Waals surface area contributed by atoms with Crippen molar-refractivity contribution in [3.63, 3.8) is 0 Å². The normalized spacial score (nSPS) is 10.5. The van der Waals surface area contributed by atoms with Crippen molar-refractivity contribution < 1.29 is 19.3 Å². The summed E-state index contributed by atoms with van der Waals surface area (Å²) in [7, 11) is 1.68. The molecule has 19 heavy (non-hydrogen) atoms. The van der Waals surface area contributed by atoms with Crippen LogP contribution in [0.2, 0.25) is 0 Å². The first-order chi connectivity index (χ1) is 9.31. The molecule has 0 atom stereocenters. The van der Waals surface area contributed by atoms with Crippen molar-refractivity contribution in [2.45, 2.75) is 13.5 Å². The lowest BCUT2D eigenvalue weighted by Crippen LogP contribution is -2.18. The van der Waals surface area contributed by atoms with E-state index in [9.17, 15) is 0 Å². The first kappa shape index (κ1) is 15.8. The minimum absolute atomic E-state index is 0.00805. The van der Waals surface area contributed by atoms with E-state index < -0.39 is 0 Å². The SMILES string of the molecule is CCOc1cc(CNCCOC)ccc1OCCO. The van der Waals surface area contributed by atoms with Gasteiger partial charge in [-0.1, -0.05) is 6.07 Å². The van der Waals surface area contributed by atoms with Gasteiger partial charge in [-0.3, -0.25) is 0 Å². The minimum Gasteiger partial charge on any atom is -0.490 e. The molecule has 0 saturated carbocycles. The zero-order valence-corrected chi connectivity index (χ0v) is 11.6. The number of rotatable bonds is 10. The van der Waals surface area contributed by atoms with E-state index in [1.54, 1.807) is 7.11 Å². The quantitative estimate of drug-likeness (QED) is 0.625. The molecule has 0 saturated heterocycles. The molecule has 1 aromatic carbocycles. The van der Waals surface area contributed by atoms with Gasteiger partial charge in [0.1, 0.15) is 6.61 Å². The minimum atomic E-state index is -0.00805. The summed E-state index contributed by atoms with van der Waals surface area (Å²) in [5.74, 6) is 1.37. The van der Waals surface area contributed by atoms with Gasteiger partial charge in [0.15, 0.2) is 11.5 Å². The van der Waals surface area contributed by atoms with E-state index in [2.05, 4.69) is 5.32 Å². The Morgan fingerprint density at radius 1 is 1.16 bits per heavy atom. The van der Waals surface area contributed by atoms with Gasteiger partial charge < -0.3 is 24.6 Å². The summed E-state index contributed by atoms with van der Waals surface area (Å²) in [5, 5.41) is 12.1. The summed E-state index contributed by atoms with van der Waals surface area (Å²) >= 11 is 0. The van der Waals surface area contributed by atoms with Crippen LogP contribution in [0.3, 0.4) is 0 Å². The molecule has 0 spiro atoms. The molecule has 1 aromatic rings. The Morgan fingerprint density at radius 3 is 2.68 bits per heavy atom. The topological polar surface area (TPSA) is 60.0 Å². The molecule has 2 N–H and O–H groups in total. The molecule has 0 aliphatic rings. The highest BCUT2D eigenvalue weighted by molar-refractivity contribution is 5.43. The first-order valence-electron chi connectivity index (χ1n) is 6.50. The standard InChI is InChI=1S/C14H23NO4/c1-3-18-14-10-12(11-15-6-8-17-2)4-5-13(14)19-9-7-16/h4-5,10,15-16H,3,6-9,11H2,1-2H3. The molecule has 5 heteroatoms.